The second kappa shape index (κ2) is 6.49. The summed E-state index contributed by atoms with van der Waals surface area (Å²) in [7, 11) is 3.57. The van der Waals surface area contributed by atoms with Crippen LogP contribution in [0.15, 0.2) is 22.7 Å². The maximum atomic E-state index is 5.24. The third-order valence-electron chi connectivity index (χ3n) is 1.89. The van der Waals surface area contributed by atoms with Gasteiger partial charge in [0, 0.05) is 17.4 Å². The Kier molecular flexibility index (Phi) is 5.23. The normalized spacial score (nSPS) is 9.27. The molecule has 0 amide bonds. The molecule has 0 atom stereocenters. The minimum Gasteiger partial charge on any atom is -0.495 e. The zero-order valence-corrected chi connectivity index (χ0v) is 10.5. The maximum Gasteiger partial charge on any atom is 0.135 e. The number of halogens is 1. The van der Waals surface area contributed by atoms with Crippen molar-refractivity contribution >= 4 is 15.9 Å². The molecule has 1 aromatic carbocycles. The minimum absolute atomic E-state index is 0.807. The van der Waals surface area contributed by atoms with Crippen LogP contribution in [-0.4, -0.2) is 20.7 Å². The van der Waals surface area contributed by atoms with Gasteiger partial charge >= 0.3 is 0 Å². The van der Waals surface area contributed by atoms with Gasteiger partial charge in [-0.25, -0.2) is 0 Å². The predicted octanol–water partition coefficient (Wildman–Crippen LogP) is 2.42. The summed E-state index contributed by atoms with van der Waals surface area (Å²) in [6, 6.07) is 5.84. The number of hydrogen-bond donors (Lipinski definition) is 1. The van der Waals surface area contributed by atoms with Crippen molar-refractivity contribution in [3.8, 4) is 17.6 Å². The average Bonchev–Trinajstić information content (AvgIpc) is 2.26. The standard InChI is InChI=1S/C12H14BrNO/c1-14-8-4-3-5-10-6-7-11(13)9-12(10)15-2/h6-7,9,14H,4,8H2,1-2H3. The first-order valence-electron chi connectivity index (χ1n) is 4.75. The molecule has 2 nitrogen and oxygen atoms in total. The minimum atomic E-state index is 0.807. The SMILES string of the molecule is CNCCC#Cc1ccc(Br)cc1OC. The lowest BCUT2D eigenvalue weighted by Crippen LogP contribution is -2.05. The lowest BCUT2D eigenvalue weighted by molar-refractivity contribution is 0.413. The summed E-state index contributed by atoms with van der Waals surface area (Å²) in [4.78, 5) is 0. The van der Waals surface area contributed by atoms with Crippen LogP contribution in [0.25, 0.3) is 0 Å². The molecule has 0 heterocycles. The third kappa shape index (κ3) is 3.94. The highest BCUT2D eigenvalue weighted by molar-refractivity contribution is 9.10. The van der Waals surface area contributed by atoms with Gasteiger partial charge in [-0.05, 0) is 25.2 Å². The molecule has 1 rings (SSSR count). The van der Waals surface area contributed by atoms with Gasteiger partial charge in [0.25, 0.3) is 0 Å². The number of methoxy groups -OCH3 is 1. The van der Waals surface area contributed by atoms with E-state index < -0.39 is 0 Å². The van der Waals surface area contributed by atoms with E-state index in [4.69, 9.17) is 4.74 Å². The number of benzene rings is 1. The second-order valence-electron chi connectivity index (χ2n) is 3.00. The fourth-order valence-electron chi connectivity index (χ4n) is 1.11. The molecule has 80 valence electrons. The highest BCUT2D eigenvalue weighted by Gasteiger charge is 1.99. The highest BCUT2D eigenvalue weighted by atomic mass is 79.9. The molecule has 0 aromatic heterocycles. The van der Waals surface area contributed by atoms with E-state index in [1.807, 2.05) is 25.2 Å². The smallest absolute Gasteiger partial charge is 0.135 e. The average molecular weight is 268 g/mol. The van der Waals surface area contributed by atoms with E-state index in [0.717, 1.165) is 28.8 Å². The van der Waals surface area contributed by atoms with Crippen LogP contribution in [-0.2, 0) is 0 Å². The Labute approximate surface area is 99.2 Å². The van der Waals surface area contributed by atoms with E-state index in [1.54, 1.807) is 7.11 Å². The Morgan fingerprint density at radius 1 is 1.47 bits per heavy atom. The Morgan fingerprint density at radius 2 is 2.27 bits per heavy atom. The highest BCUT2D eigenvalue weighted by Crippen LogP contribution is 2.22. The molecule has 1 aromatic rings. The molecular weight excluding hydrogens is 254 g/mol. The first-order chi connectivity index (χ1) is 7.27. The molecule has 0 spiro atoms. The van der Waals surface area contributed by atoms with Crippen molar-refractivity contribution in [2.24, 2.45) is 0 Å². The van der Waals surface area contributed by atoms with Gasteiger partial charge in [0.2, 0.25) is 0 Å². The van der Waals surface area contributed by atoms with Gasteiger partial charge in [-0.3, -0.25) is 0 Å². The number of nitrogens with one attached hydrogen (secondary N) is 1. The molecule has 0 saturated carbocycles. The van der Waals surface area contributed by atoms with Crippen LogP contribution in [0.2, 0.25) is 0 Å². The first-order valence-corrected chi connectivity index (χ1v) is 5.54. The van der Waals surface area contributed by atoms with Crippen molar-refractivity contribution < 1.29 is 4.74 Å². The summed E-state index contributed by atoms with van der Waals surface area (Å²) in [6.45, 7) is 0.909. The summed E-state index contributed by atoms with van der Waals surface area (Å²) in [5, 5.41) is 3.05. The van der Waals surface area contributed by atoms with Crippen molar-refractivity contribution in [2.45, 2.75) is 6.42 Å². The van der Waals surface area contributed by atoms with Crippen molar-refractivity contribution in [3.05, 3.63) is 28.2 Å². The summed E-state index contributed by atoms with van der Waals surface area (Å²) < 4.78 is 6.24. The van der Waals surface area contributed by atoms with Gasteiger partial charge < -0.3 is 10.1 Å². The van der Waals surface area contributed by atoms with E-state index >= 15 is 0 Å². The number of ether oxygens (including phenoxy) is 1. The molecule has 0 aliphatic rings. The van der Waals surface area contributed by atoms with E-state index in [9.17, 15) is 0 Å². The van der Waals surface area contributed by atoms with Gasteiger partial charge in [-0.1, -0.05) is 27.8 Å². The zero-order chi connectivity index (χ0) is 11.1. The van der Waals surface area contributed by atoms with Gasteiger partial charge in [-0.2, -0.15) is 0 Å². The van der Waals surface area contributed by atoms with Crippen LogP contribution in [0.1, 0.15) is 12.0 Å². The van der Waals surface area contributed by atoms with Crippen LogP contribution >= 0.6 is 15.9 Å². The molecule has 1 N–H and O–H groups in total. The van der Waals surface area contributed by atoms with E-state index in [1.165, 1.54) is 0 Å². The molecule has 15 heavy (non-hydrogen) atoms. The number of hydrogen-bond acceptors (Lipinski definition) is 2. The molecule has 0 saturated heterocycles. The van der Waals surface area contributed by atoms with Crippen LogP contribution < -0.4 is 10.1 Å². The molecule has 0 unspecified atom stereocenters. The second-order valence-corrected chi connectivity index (χ2v) is 3.92. The Morgan fingerprint density at radius 3 is 2.93 bits per heavy atom. The van der Waals surface area contributed by atoms with Crippen LogP contribution in [0.5, 0.6) is 5.75 Å². The lowest BCUT2D eigenvalue weighted by Gasteiger charge is -2.02. The monoisotopic (exact) mass is 267 g/mol. The van der Waals surface area contributed by atoms with Crippen LogP contribution in [0, 0.1) is 11.8 Å². The fraction of sp³-hybridized carbons (Fsp3) is 0.333. The van der Waals surface area contributed by atoms with Crippen molar-refractivity contribution in [3.63, 3.8) is 0 Å². The van der Waals surface area contributed by atoms with Crippen LogP contribution in [0.3, 0.4) is 0 Å². The summed E-state index contributed by atoms with van der Waals surface area (Å²) in [5.74, 6) is 6.99. The van der Waals surface area contributed by atoms with Gasteiger partial charge in [0.1, 0.15) is 5.75 Å². The quantitative estimate of drug-likeness (QED) is 0.671. The molecule has 0 aliphatic carbocycles. The van der Waals surface area contributed by atoms with Crippen molar-refractivity contribution in [2.75, 3.05) is 20.7 Å². The molecule has 0 bridgehead atoms. The van der Waals surface area contributed by atoms with Crippen molar-refractivity contribution in [1.82, 2.24) is 5.32 Å². The predicted molar refractivity (Wildman–Crippen MR) is 66.1 cm³/mol. The van der Waals surface area contributed by atoms with E-state index in [0.29, 0.717) is 0 Å². The molecule has 0 fully saturated rings. The number of rotatable bonds is 3. The largest absolute Gasteiger partial charge is 0.495 e. The molecule has 0 radical (unpaired) electrons. The third-order valence-corrected chi connectivity index (χ3v) is 2.38. The lowest BCUT2D eigenvalue weighted by atomic mass is 10.2. The van der Waals surface area contributed by atoms with Crippen LogP contribution in [0.4, 0.5) is 0 Å². The summed E-state index contributed by atoms with van der Waals surface area (Å²) in [5.41, 5.74) is 0.928. The molecule has 0 aliphatic heterocycles. The van der Waals surface area contributed by atoms with Gasteiger partial charge in [-0.15, -0.1) is 0 Å². The summed E-state index contributed by atoms with van der Waals surface area (Å²) in [6.07, 6.45) is 0.843. The zero-order valence-electron chi connectivity index (χ0n) is 8.93. The fourth-order valence-corrected chi connectivity index (χ4v) is 1.45. The topological polar surface area (TPSA) is 21.3 Å². The van der Waals surface area contributed by atoms with Gasteiger partial charge in [0.05, 0.1) is 12.7 Å². The summed E-state index contributed by atoms with van der Waals surface area (Å²) >= 11 is 3.39. The maximum absolute atomic E-state index is 5.24. The molecular formula is C12H14BrNO. The van der Waals surface area contributed by atoms with E-state index in [2.05, 4.69) is 33.1 Å². The Hall–Kier alpha value is -0.980. The Balaban J connectivity index is 2.78. The first kappa shape index (κ1) is 12.1. The van der Waals surface area contributed by atoms with Gasteiger partial charge in [0.15, 0.2) is 0 Å². The van der Waals surface area contributed by atoms with Crippen molar-refractivity contribution in [1.29, 1.82) is 0 Å². The molecule has 3 heteroatoms. The van der Waals surface area contributed by atoms with E-state index in [-0.39, 0.29) is 0 Å². The Bertz CT molecular complexity index is 379.